The summed E-state index contributed by atoms with van der Waals surface area (Å²) in [7, 11) is 0. The number of hydrogen-bond acceptors (Lipinski definition) is 0. The second-order valence-electron chi connectivity index (χ2n) is 5.30. The third-order valence-electron chi connectivity index (χ3n) is 3.77. The number of aromatic nitrogens is 1. The predicted molar refractivity (Wildman–Crippen MR) is 93.5 cm³/mol. The largest absolute Gasteiger partial charge is 0.313 e. The Hall–Kier alpha value is -2.54. The number of benzene rings is 2. The van der Waals surface area contributed by atoms with Crippen LogP contribution < -0.4 is 0 Å². The first-order chi connectivity index (χ1) is 10.2. The molecule has 0 atom stereocenters. The molecule has 0 bridgehead atoms. The van der Waals surface area contributed by atoms with Crippen LogP contribution in [0.5, 0.6) is 0 Å². The van der Waals surface area contributed by atoms with Gasteiger partial charge in [-0.2, -0.15) is 0 Å². The molecule has 2 aromatic carbocycles. The SMILES string of the molecule is C=C/C=C\C=C(/C)n1c2ccccc2c2cc(C)ccc21. The molecule has 0 saturated carbocycles. The minimum Gasteiger partial charge on any atom is -0.313 e. The molecule has 0 aliphatic heterocycles. The Balaban J connectivity index is 2.36. The summed E-state index contributed by atoms with van der Waals surface area (Å²) in [6.07, 6.45) is 7.88. The number of allylic oxidation sites excluding steroid dienone is 5. The van der Waals surface area contributed by atoms with E-state index in [1.807, 2.05) is 12.2 Å². The monoisotopic (exact) mass is 273 g/mol. The van der Waals surface area contributed by atoms with Crippen LogP contribution in [0.15, 0.2) is 73.3 Å². The van der Waals surface area contributed by atoms with E-state index in [9.17, 15) is 0 Å². The topological polar surface area (TPSA) is 4.93 Å². The normalized spacial score (nSPS) is 12.6. The number of aryl methyl sites for hydroxylation is 1. The maximum atomic E-state index is 3.71. The third-order valence-corrected chi connectivity index (χ3v) is 3.77. The van der Waals surface area contributed by atoms with E-state index in [4.69, 9.17) is 0 Å². The number of nitrogens with zero attached hydrogens (tertiary/aromatic N) is 1. The Morgan fingerprint density at radius 2 is 1.76 bits per heavy atom. The molecule has 1 aromatic heterocycles. The minimum atomic E-state index is 1.20. The lowest BCUT2D eigenvalue weighted by atomic mass is 10.1. The fourth-order valence-electron chi connectivity index (χ4n) is 2.81. The van der Waals surface area contributed by atoms with Crippen molar-refractivity contribution >= 4 is 27.5 Å². The summed E-state index contributed by atoms with van der Waals surface area (Å²) in [6, 6.07) is 15.2. The van der Waals surface area contributed by atoms with Crippen LogP contribution in [-0.2, 0) is 0 Å². The van der Waals surface area contributed by atoms with Crippen molar-refractivity contribution < 1.29 is 0 Å². The number of para-hydroxylation sites is 1. The summed E-state index contributed by atoms with van der Waals surface area (Å²) in [5.74, 6) is 0. The van der Waals surface area contributed by atoms with E-state index in [1.165, 1.54) is 33.1 Å². The smallest absolute Gasteiger partial charge is 0.0537 e. The number of hydrogen-bond donors (Lipinski definition) is 0. The molecular weight excluding hydrogens is 254 g/mol. The molecule has 1 heteroatoms. The van der Waals surface area contributed by atoms with E-state index in [-0.39, 0.29) is 0 Å². The predicted octanol–water partition coefficient (Wildman–Crippen LogP) is 5.71. The van der Waals surface area contributed by atoms with Gasteiger partial charge in [0.15, 0.2) is 0 Å². The molecule has 0 N–H and O–H groups in total. The van der Waals surface area contributed by atoms with E-state index < -0.39 is 0 Å². The van der Waals surface area contributed by atoms with Crippen LogP contribution >= 0.6 is 0 Å². The highest BCUT2D eigenvalue weighted by molar-refractivity contribution is 6.10. The molecule has 0 amide bonds. The van der Waals surface area contributed by atoms with Gasteiger partial charge in [0.1, 0.15) is 0 Å². The maximum absolute atomic E-state index is 3.71. The summed E-state index contributed by atoms with van der Waals surface area (Å²) in [5.41, 5.74) is 4.99. The third kappa shape index (κ3) is 2.31. The molecule has 0 unspecified atom stereocenters. The van der Waals surface area contributed by atoms with Gasteiger partial charge < -0.3 is 4.57 Å². The van der Waals surface area contributed by atoms with Crippen LogP contribution in [0.2, 0.25) is 0 Å². The lowest BCUT2D eigenvalue weighted by Gasteiger charge is -2.07. The molecule has 21 heavy (non-hydrogen) atoms. The molecule has 0 saturated heterocycles. The van der Waals surface area contributed by atoms with Crippen molar-refractivity contribution in [1.82, 2.24) is 4.57 Å². The van der Waals surface area contributed by atoms with Crippen LogP contribution in [0.4, 0.5) is 0 Å². The summed E-state index contributed by atoms with van der Waals surface area (Å²) in [5, 5.41) is 2.61. The van der Waals surface area contributed by atoms with E-state index in [0.29, 0.717) is 0 Å². The number of fused-ring (bicyclic) bond motifs is 3. The molecule has 0 aliphatic rings. The zero-order chi connectivity index (χ0) is 14.8. The van der Waals surface area contributed by atoms with Gasteiger partial charge in [-0.15, -0.1) is 0 Å². The molecular formula is C20H19N. The lowest BCUT2D eigenvalue weighted by Crippen LogP contribution is -1.92. The minimum absolute atomic E-state index is 1.20. The Kier molecular flexibility index (Phi) is 3.49. The van der Waals surface area contributed by atoms with Crippen molar-refractivity contribution in [3.8, 4) is 0 Å². The van der Waals surface area contributed by atoms with Crippen molar-refractivity contribution in [2.75, 3.05) is 0 Å². The first-order valence-corrected chi connectivity index (χ1v) is 7.18. The molecule has 3 aromatic rings. The Bertz CT molecular complexity index is 875. The van der Waals surface area contributed by atoms with Crippen LogP contribution in [0.1, 0.15) is 12.5 Å². The molecule has 0 spiro atoms. The van der Waals surface area contributed by atoms with Crippen LogP contribution in [0.3, 0.4) is 0 Å². The van der Waals surface area contributed by atoms with Gasteiger partial charge in [-0.25, -0.2) is 0 Å². The molecule has 104 valence electrons. The fourth-order valence-corrected chi connectivity index (χ4v) is 2.81. The van der Waals surface area contributed by atoms with Crippen molar-refractivity contribution in [1.29, 1.82) is 0 Å². The van der Waals surface area contributed by atoms with E-state index in [0.717, 1.165) is 0 Å². The molecule has 0 radical (unpaired) electrons. The molecule has 0 fully saturated rings. The van der Waals surface area contributed by atoms with E-state index >= 15 is 0 Å². The molecule has 1 heterocycles. The summed E-state index contributed by atoms with van der Waals surface area (Å²) >= 11 is 0. The van der Waals surface area contributed by atoms with Gasteiger partial charge >= 0.3 is 0 Å². The van der Waals surface area contributed by atoms with Crippen LogP contribution in [0, 0.1) is 6.92 Å². The van der Waals surface area contributed by atoms with Crippen molar-refractivity contribution in [2.24, 2.45) is 0 Å². The summed E-state index contributed by atoms with van der Waals surface area (Å²) < 4.78 is 2.32. The Morgan fingerprint density at radius 1 is 1.00 bits per heavy atom. The zero-order valence-corrected chi connectivity index (χ0v) is 12.5. The number of rotatable bonds is 3. The fraction of sp³-hybridized carbons (Fsp3) is 0.100. The standard InChI is InChI=1S/C20H19N/c1-4-5-6-9-16(3)21-19-11-8-7-10-17(19)18-14-15(2)12-13-20(18)21/h4-14H,1H2,2-3H3/b6-5-,16-9+. The summed E-state index contributed by atoms with van der Waals surface area (Å²) in [4.78, 5) is 0. The van der Waals surface area contributed by atoms with Gasteiger partial charge in [0.2, 0.25) is 0 Å². The van der Waals surface area contributed by atoms with E-state index in [1.54, 1.807) is 6.08 Å². The van der Waals surface area contributed by atoms with Crippen LogP contribution in [0.25, 0.3) is 27.5 Å². The highest BCUT2D eigenvalue weighted by atomic mass is 15.0. The van der Waals surface area contributed by atoms with Gasteiger partial charge in [0, 0.05) is 16.5 Å². The highest BCUT2D eigenvalue weighted by Gasteiger charge is 2.10. The van der Waals surface area contributed by atoms with Gasteiger partial charge in [0.05, 0.1) is 11.0 Å². The van der Waals surface area contributed by atoms with Gasteiger partial charge in [0.25, 0.3) is 0 Å². The van der Waals surface area contributed by atoms with Crippen molar-refractivity contribution in [3.63, 3.8) is 0 Å². The Labute approximate surface area is 125 Å². The average molecular weight is 273 g/mol. The van der Waals surface area contributed by atoms with Crippen molar-refractivity contribution in [2.45, 2.75) is 13.8 Å². The zero-order valence-electron chi connectivity index (χ0n) is 12.5. The van der Waals surface area contributed by atoms with Crippen LogP contribution in [-0.4, -0.2) is 4.57 Å². The first-order valence-electron chi connectivity index (χ1n) is 7.18. The van der Waals surface area contributed by atoms with Crippen molar-refractivity contribution in [3.05, 3.63) is 78.9 Å². The lowest BCUT2D eigenvalue weighted by molar-refractivity contribution is 1.20. The summed E-state index contributed by atoms with van der Waals surface area (Å²) in [6.45, 7) is 7.98. The van der Waals surface area contributed by atoms with Gasteiger partial charge in [-0.1, -0.05) is 54.6 Å². The molecule has 0 aliphatic carbocycles. The van der Waals surface area contributed by atoms with Gasteiger partial charge in [-0.3, -0.25) is 0 Å². The average Bonchev–Trinajstić information content (AvgIpc) is 2.81. The van der Waals surface area contributed by atoms with E-state index in [2.05, 4.69) is 73.5 Å². The second-order valence-corrected chi connectivity index (χ2v) is 5.30. The molecule has 1 nitrogen and oxygen atoms in total. The maximum Gasteiger partial charge on any atom is 0.0537 e. The quantitative estimate of drug-likeness (QED) is 0.539. The van der Waals surface area contributed by atoms with Gasteiger partial charge in [-0.05, 0) is 38.1 Å². The Morgan fingerprint density at radius 3 is 2.57 bits per heavy atom. The highest BCUT2D eigenvalue weighted by Crippen LogP contribution is 2.32. The molecule has 3 rings (SSSR count). The second kappa shape index (κ2) is 5.45. The first kappa shape index (κ1) is 13.4.